The van der Waals surface area contributed by atoms with Gasteiger partial charge in [-0.05, 0) is 24.6 Å². The Hall–Kier alpha value is -1.92. The lowest BCUT2D eigenvalue weighted by Crippen LogP contribution is -2.30. The Morgan fingerprint density at radius 2 is 1.81 bits per heavy atom. The fourth-order valence-electron chi connectivity index (χ4n) is 1.54. The standard InChI is InChI=1S/C13H10Cl2FN3O2/c1-7(8-2-4-9(16)5-3-8)17-13(20)21-12-18-10(14)6-11(15)19-12/h2-7H,1H3,(H,17,20). The minimum atomic E-state index is -0.773. The fraction of sp³-hybridized carbons (Fsp3) is 0.154. The monoisotopic (exact) mass is 329 g/mol. The van der Waals surface area contributed by atoms with Gasteiger partial charge < -0.3 is 10.1 Å². The molecule has 0 bridgehead atoms. The summed E-state index contributed by atoms with van der Waals surface area (Å²) in [6.45, 7) is 1.72. The van der Waals surface area contributed by atoms with Gasteiger partial charge in [-0.15, -0.1) is 0 Å². The molecule has 0 aliphatic heterocycles. The van der Waals surface area contributed by atoms with Crippen LogP contribution in [0.4, 0.5) is 9.18 Å². The zero-order chi connectivity index (χ0) is 15.4. The molecular weight excluding hydrogens is 320 g/mol. The van der Waals surface area contributed by atoms with Gasteiger partial charge >= 0.3 is 12.1 Å². The van der Waals surface area contributed by atoms with E-state index in [0.29, 0.717) is 0 Å². The van der Waals surface area contributed by atoms with Gasteiger partial charge in [-0.2, -0.15) is 9.97 Å². The molecule has 8 heteroatoms. The Morgan fingerprint density at radius 1 is 1.24 bits per heavy atom. The van der Waals surface area contributed by atoms with Crippen molar-refractivity contribution in [3.05, 3.63) is 52.0 Å². The lowest BCUT2D eigenvalue weighted by atomic mass is 10.1. The topological polar surface area (TPSA) is 64.1 Å². The third-order valence-corrected chi connectivity index (χ3v) is 2.92. The van der Waals surface area contributed by atoms with Crippen LogP contribution in [0.15, 0.2) is 30.3 Å². The van der Waals surface area contributed by atoms with E-state index in [1.807, 2.05) is 0 Å². The van der Waals surface area contributed by atoms with Crippen LogP contribution in [0, 0.1) is 5.82 Å². The van der Waals surface area contributed by atoms with Gasteiger partial charge in [0.15, 0.2) is 0 Å². The predicted molar refractivity (Wildman–Crippen MR) is 76.0 cm³/mol. The van der Waals surface area contributed by atoms with E-state index in [2.05, 4.69) is 15.3 Å². The van der Waals surface area contributed by atoms with Gasteiger partial charge in [-0.3, -0.25) is 0 Å². The Labute approximate surface area is 130 Å². The van der Waals surface area contributed by atoms with E-state index in [1.54, 1.807) is 19.1 Å². The maximum atomic E-state index is 12.8. The largest absolute Gasteiger partial charge is 0.415 e. The minimum absolute atomic E-state index is 0.0596. The van der Waals surface area contributed by atoms with Crippen molar-refractivity contribution in [1.82, 2.24) is 15.3 Å². The zero-order valence-corrected chi connectivity index (χ0v) is 12.3. The van der Waals surface area contributed by atoms with E-state index in [1.165, 1.54) is 18.2 Å². The van der Waals surface area contributed by atoms with Gasteiger partial charge in [0.25, 0.3) is 0 Å². The van der Waals surface area contributed by atoms with Crippen molar-refractivity contribution in [3.8, 4) is 6.01 Å². The van der Waals surface area contributed by atoms with Crippen molar-refractivity contribution in [2.24, 2.45) is 0 Å². The molecular formula is C13H10Cl2FN3O2. The molecule has 0 fully saturated rings. The lowest BCUT2D eigenvalue weighted by Gasteiger charge is -2.13. The predicted octanol–water partition coefficient (Wildman–Crippen LogP) is 3.77. The number of nitrogens with one attached hydrogen (secondary N) is 1. The summed E-state index contributed by atoms with van der Waals surface area (Å²) in [5, 5.41) is 2.67. The normalized spacial score (nSPS) is 11.8. The molecule has 1 unspecified atom stereocenters. The number of hydrogen-bond acceptors (Lipinski definition) is 4. The third kappa shape index (κ3) is 4.54. The summed E-state index contributed by atoms with van der Waals surface area (Å²) in [7, 11) is 0. The second-order valence-electron chi connectivity index (χ2n) is 4.10. The van der Waals surface area contributed by atoms with Crippen molar-refractivity contribution in [3.63, 3.8) is 0 Å². The zero-order valence-electron chi connectivity index (χ0n) is 10.8. The lowest BCUT2D eigenvalue weighted by molar-refractivity contribution is 0.193. The van der Waals surface area contributed by atoms with Crippen molar-refractivity contribution >= 4 is 29.3 Å². The molecule has 0 aliphatic rings. The summed E-state index contributed by atoms with van der Waals surface area (Å²) in [6, 6.07) is 6.41. The minimum Gasteiger partial charge on any atom is -0.374 e. The summed E-state index contributed by atoms with van der Waals surface area (Å²) in [5.74, 6) is -0.351. The number of carbonyl (C=O) groups is 1. The van der Waals surface area contributed by atoms with Gasteiger partial charge in [0.1, 0.15) is 16.1 Å². The van der Waals surface area contributed by atoms with Crippen LogP contribution in [-0.2, 0) is 0 Å². The number of hydrogen-bond donors (Lipinski definition) is 1. The molecule has 0 saturated carbocycles. The van der Waals surface area contributed by atoms with Crippen LogP contribution in [-0.4, -0.2) is 16.1 Å². The van der Waals surface area contributed by atoms with Gasteiger partial charge in [0.05, 0.1) is 6.04 Å². The maximum absolute atomic E-state index is 12.8. The fourth-order valence-corrected chi connectivity index (χ4v) is 1.95. The van der Waals surface area contributed by atoms with Crippen molar-refractivity contribution in [2.75, 3.05) is 0 Å². The number of aromatic nitrogens is 2. The van der Waals surface area contributed by atoms with Crippen LogP contribution in [0.25, 0.3) is 0 Å². The third-order valence-electron chi connectivity index (χ3n) is 2.53. The van der Waals surface area contributed by atoms with Crippen molar-refractivity contribution < 1.29 is 13.9 Å². The molecule has 2 aromatic rings. The average Bonchev–Trinajstić information content (AvgIpc) is 2.37. The molecule has 1 N–H and O–H groups in total. The number of halogens is 3. The molecule has 110 valence electrons. The van der Waals surface area contributed by atoms with E-state index >= 15 is 0 Å². The van der Waals surface area contributed by atoms with E-state index in [0.717, 1.165) is 5.56 Å². The number of amides is 1. The highest BCUT2D eigenvalue weighted by atomic mass is 35.5. The molecule has 0 spiro atoms. The highest BCUT2D eigenvalue weighted by Gasteiger charge is 2.13. The Bertz CT molecular complexity index is 632. The summed E-state index contributed by atoms with van der Waals surface area (Å²) in [4.78, 5) is 19.1. The van der Waals surface area contributed by atoms with Crippen LogP contribution in [0.5, 0.6) is 6.01 Å². The van der Waals surface area contributed by atoms with Gasteiger partial charge in [0, 0.05) is 6.07 Å². The number of ether oxygens (including phenoxy) is 1. The first-order valence-electron chi connectivity index (χ1n) is 5.88. The Morgan fingerprint density at radius 3 is 2.38 bits per heavy atom. The summed E-state index contributed by atoms with van der Waals surface area (Å²) >= 11 is 11.3. The van der Waals surface area contributed by atoms with Crippen LogP contribution >= 0.6 is 23.2 Å². The van der Waals surface area contributed by atoms with E-state index in [9.17, 15) is 9.18 Å². The van der Waals surface area contributed by atoms with Crippen molar-refractivity contribution in [1.29, 1.82) is 0 Å². The molecule has 0 saturated heterocycles. The molecule has 1 atom stereocenters. The summed E-state index contributed by atoms with van der Waals surface area (Å²) in [6.07, 6.45) is -0.773. The number of carbonyl (C=O) groups excluding carboxylic acids is 1. The molecule has 1 amide bonds. The van der Waals surface area contributed by atoms with E-state index < -0.39 is 6.09 Å². The first-order valence-corrected chi connectivity index (χ1v) is 6.63. The second kappa shape index (κ2) is 6.69. The number of benzene rings is 1. The van der Waals surface area contributed by atoms with Gasteiger partial charge in [-0.25, -0.2) is 9.18 Å². The van der Waals surface area contributed by atoms with Gasteiger partial charge in [-0.1, -0.05) is 35.3 Å². The molecule has 1 aromatic carbocycles. The van der Waals surface area contributed by atoms with Crippen LogP contribution < -0.4 is 10.1 Å². The van der Waals surface area contributed by atoms with E-state index in [-0.39, 0.29) is 28.2 Å². The average molecular weight is 330 g/mol. The molecule has 0 aliphatic carbocycles. The first-order chi connectivity index (χ1) is 9.94. The summed E-state index contributed by atoms with van der Waals surface area (Å²) in [5.41, 5.74) is 0.721. The highest BCUT2D eigenvalue weighted by Crippen LogP contribution is 2.17. The quantitative estimate of drug-likeness (QED) is 0.870. The molecule has 1 heterocycles. The summed E-state index contributed by atoms with van der Waals surface area (Å²) < 4.78 is 17.7. The van der Waals surface area contributed by atoms with Crippen molar-refractivity contribution in [2.45, 2.75) is 13.0 Å². The second-order valence-corrected chi connectivity index (χ2v) is 4.88. The highest BCUT2D eigenvalue weighted by molar-refractivity contribution is 6.33. The van der Waals surface area contributed by atoms with E-state index in [4.69, 9.17) is 27.9 Å². The molecule has 5 nitrogen and oxygen atoms in total. The molecule has 0 radical (unpaired) electrons. The number of nitrogens with zero attached hydrogens (tertiary/aromatic N) is 2. The first kappa shape index (κ1) is 15.5. The Kier molecular flexibility index (Phi) is 4.93. The van der Waals surface area contributed by atoms with Gasteiger partial charge in [0.2, 0.25) is 0 Å². The smallest absolute Gasteiger partial charge is 0.374 e. The number of rotatable bonds is 3. The molecule has 1 aromatic heterocycles. The van der Waals surface area contributed by atoms with Crippen LogP contribution in [0.1, 0.15) is 18.5 Å². The van der Waals surface area contributed by atoms with Crippen LogP contribution in [0.3, 0.4) is 0 Å². The maximum Gasteiger partial charge on any atom is 0.415 e. The SMILES string of the molecule is CC(NC(=O)Oc1nc(Cl)cc(Cl)n1)c1ccc(F)cc1. The Balaban J connectivity index is 1.99. The van der Waals surface area contributed by atoms with Crippen LogP contribution in [0.2, 0.25) is 10.3 Å². The molecule has 2 rings (SSSR count). The molecule has 21 heavy (non-hydrogen) atoms.